The number of hydrogen-bond acceptors (Lipinski definition) is 5. The van der Waals surface area contributed by atoms with Crippen LogP contribution in [0, 0.1) is 0 Å². The summed E-state index contributed by atoms with van der Waals surface area (Å²) in [6, 6.07) is 10.0. The number of likely N-dealkylation sites (tertiary alicyclic amines) is 1. The molecule has 7 heteroatoms. The molecule has 2 unspecified atom stereocenters. The van der Waals surface area contributed by atoms with E-state index >= 15 is 0 Å². The van der Waals surface area contributed by atoms with Crippen molar-refractivity contribution in [3.8, 4) is 11.4 Å². The molecule has 2 fully saturated rings. The Balaban J connectivity index is 0.00000196. The molecule has 2 aliphatic rings. The van der Waals surface area contributed by atoms with Crippen LogP contribution in [0.5, 0.6) is 0 Å². The third kappa shape index (κ3) is 4.07. The normalized spacial score (nSPS) is 22.8. The number of halogens is 1. The van der Waals surface area contributed by atoms with Gasteiger partial charge < -0.3 is 14.7 Å². The highest BCUT2D eigenvalue weighted by atomic mass is 35.5. The molecule has 1 aromatic carbocycles. The molecule has 1 N–H and O–H groups in total. The van der Waals surface area contributed by atoms with Crippen LogP contribution < -0.4 is 5.32 Å². The summed E-state index contributed by atoms with van der Waals surface area (Å²) in [5.41, 5.74) is 0.932. The van der Waals surface area contributed by atoms with Crippen molar-refractivity contribution in [1.29, 1.82) is 0 Å². The molecule has 1 aromatic heterocycles. The van der Waals surface area contributed by atoms with E-state index in [1.54, 1.807) is 0 Å². The number of aromatic nitrogens is 2. The number of nitrogens with one attached hydrogen (secondary N) is 1. The predicted octanol–water partition coefficient (Wildman–Crippen LogP) is 3.35. The molecule has 3 heterocycles. The molecule has 6 nitrogen and oxygen atoms in total. The number of nitrogens with zero attached hydrogens (tertiary/aromatic N) is 3. The number of rotatable bonds is 4. The van der Waals surface area contributed by atoms with Gasteiger partial charge in [-0.2, -0.15) is 4.98 Å². The Morgan fingerprint density at radius 2 is 2.04 bits per heavy atom. The summed E-state index contributed by atoms with van der Waals surface area (Å²) in [6.07, 6.45) is 5.82. The molecule has 2 saturated heterocycles. The lowest BCUT2D eigenvalue weighted by Gasteiger charge is -2.34. The van der Waals surface area contributed by atoms with Crippen molar-refractivity contribution < 1.29 is 9.32 Å². The monoisotopic (exact) mass is 376 g/mol. The van der Waals surface area contributed by atoms with Gasteiger partial charge in [0.05, 0.1) is 0 Å². The molecule has 0 spiro atoms. The molecule has 140 valence electrons. The summed E-state index contributed by atoms with van der Waals surface area (Å²) < 4.78 is 5.54. The summed E-state index contributed by atoms with van der Waals surface area (Å²) in [4.78, 5) is 19.3. The fraction of sp³-hybridized carbons (Fsp3) is 0.526. The van der Waals surface area contributed by atoms with E-state index in [2.05, 4.69) is 15.5 Å². The second-order valence-electron chi connectivity index (χ2n) is 6.92. The first kappa shape index (κ1) is 18.9. The average Bonchev–Trinajstić information content (AvgIpc) is 3.34. The highest BCUT2D eigenvalue weighted by Crippen LogP contribution is 2.32. The van der Waals surface area contributed by atoms with E-state index in [1.807, 2.05) is 35.2 Å². The summed E-state index contributed by atoms with van der Waals surface area (Å²) in [6.45, 7) is 1.80. The number of hydrogen-bond donors (Lipinski definition) is 1. The molecule has 2 aliphatic heterocycles. The Labute approximate surface area is 159 Å². The van der Waals surface area contributed by atoms with Gasteiger partial charge >= 0.3 is 0 Å². The zero-order valence-corrected chi connectivity index (χ0v) is 15.6. The molecule has 2 aromatic rings. The van der Waals surface area contributed by atoms with Crippen molar-refractivity contribution >= 4 is 18.3 Å². The van der Waals surface area contributed by atoms with Crippen LogP contribution in [0.15, 0.2) is 34.9 Å². The fourth-order valence-corrected chi connectivity index (χ4v) is 3.82. The van der Waals surface area contributed by atoms with E-state index in [4.69, 9.17) is 4.52 Å². The van der Waals surface area contributed by atoms with Crippen LogP contribution >= 0.6 is 12.4 Å². The molecule has 26 heavy (non-hydrogen) atoms. The van der Waals surface area contributed by atoms with E-state index in [0.717, 1.165) is 50.8 Å². The molecule has 2 atom stereocenters. The van der Waals surface area contributed by atoms with Gasteiger partial charge in [-0.25, -0.2) is 0 Å². The second-order valence-corrected chi connectivity index (χ2v) is 6.92. The van der Waals surface area contributed by atoms with Crippen LogP contribution in [0.2, 0.25) is 0 Å². The maximum atomic E-state index is 12.8. The maximum absolute atomic E-state index is 12.8. The SMILES string of the molecule is Cl.O=C(CC1CCCN1)N1CCCCC1c1nc(-c2ccccc2)no1. The minimum absolute atomic E-state index is 0. The number of amides is 1. The summed E-state index contributed by atoms with van der Waals surface area (Å²) in [5.74, 6) is 1.35. The maximum Gasteiger partial charge on any atom is 0.249 e. The first-order valence-corrected chi connectivity index (χ1v) is 9.23. The number of carbonyl (C=O) groups excluding carboxylic acids is 1. The van der Waals surface area contributed by atoms with Gasteiger partial charge in [0, 0.05) is 24.6 Å². The third-order valence-corrected chi connectivity index (χ3v) is 5.17. The Morgan fingerprint density at radius 3 is 2.81 bits per heavy atom. The number of carbonyl (C=O) groups is 1. The van der Waals surface area contributed by atoms with E-state index in [1.165, 1.54) is 0 Å². The van der Waals surface area contributed by atoms with Gasteiger partial charge in [-0.3, -0.25) is 4.79 Å². The van der Waals surface area contributed by atoms with Crippen LogP contribution in [0.25, 0.3) is 11.4 Å². The quantitative estimate of drug-likeness (QED) is 0.885. The van der Waals surface area contributed by atoms with Crippen molar-refractivity contribution in [1.82, 2.24) is 20.4 Å². The van der Waals surface area contributed by atoms with Crippen molar-refractivity contribution in [2.24, 2.45) is 0 Å². The molecule has 0 bridgehead atoms. The molecule has 0 saturated carbocycles. The zero-order valence-electron chi connectivity index (χ0n) is 14.8. The summed E-state index contributed by atoms with van der Waals surface area (Å²) in [7, 11) is 0. The lowest BCUT2D eigenvalue weighted by Crippen LogP contribution is -2.41. The van der Waals surface area contributed by atoms with Gasteiger partial charge in [0.15, 0.2) is 0 Å². The first-order valence-electron chi connectivity index (χ1n) is 9.23. The van der Waals surface area contributed by atoms with Crippen LogP contribution in [-0.2, 0) is 4.79 Å². The largest absolute Gasteiger partial charge is 0.337 e. The lowest BCUT2D eigenvalue weighted by molar-refractivity contribution is -0.136. The molecular formula is C19H25ClN4O2. The zero-order chi connectivity index (χ0) is 17.1. The van der Waals surface area contributed by atoms with Gasteiger partial charge in [0.2, 0.25) is 17.6 Å². The van der Waals surface area contributed by atoms with Gasteiger partial charge in [-0.1, -0.05) is 35.5 Å². The molecule has 0 radical (unpaired) electrons. The Hall–Kier alpha value is -1.92. The van der Waals surface area contributed by atoms with E-state index in [0.29, 0.717) is 24.2 Å². The summed E-state index contributed by atoms with van der Waals surface area (Å²) >= 11 is 0. The predicted molar refractivity (Wildman–Crippen MR) is 101 cm³/mol. The minimum atomic E-state index is -0.0902. The standard InChI is InChI=1S/C19H24N4O2.ClH/c24-17(13-15-9-6-11-20-15)23-12-5-4-10-16(23)19-21-18(22-25-19)14-7-2-1-3-8-14;/h1-3,7-8,15-16,20H,4-6,9-13H2;1H. The van der Waals surface area contributed by atoms with Gasteiger partial charge in [0.1, 0.15) is 6.04 Å². The smallest absolute Gasteiger partial charge is 0.249 e. The van der Waals surface area contributed by atoms with E-state index in [-0.39, 0.29) is 24.4 Å². The van der Waals surface area contributed by atoms with Gasteiger partial charge in [-0.15, -0.1) is 12.4 Å². The topological polar surface area (TPSA) is 71.3 Å². The first-order chi connectivity index (χ1) is 12.3. The lowest BCUT2D eigenvalue weighted by atomic mass is 10.0. The molecule has 4 rings (SSSR count). The van der Waals surface area contributed by atoms with Crippen molar-refractivity contribution in [2.75, 3.05) is 13.1 Å². The fourth-order valence-electron chi connectivity index (χ4n) is 3.82. The number of piperidine rings is 1. The van der Waals surface area contributed by atoms with Crippen LogP contribution in [0.4, 0.5) is 0 Å². The number of benzene rings is 1. The summed E-state index contributed by atoms with van der Waals surface area (Å²) in [5, 5.41) is 7.53. The van der Waals surface area contributed by atoms with Crippen LogP contribution in [-0.4, -0.2) is 40.1 Å². The molecular weight excluding hydrogens is 352 g/mol. The van der Waals surface area contributed by atoms with Gasteiger partial charge in [0.25, 0.3) is 0 Å². The third-order valence-electron chi connectivity index (χ3n) is 5.17. The van der Waals surface area contributed by atoms with Crippen molar-refractivity contribution in [2.45, 2.75) is 50.6 Å². The Morgan fingerprint density at radius 1 is 1.19 bits per heavy atom. The highest BCUT2D eigenvalue weighted by Gasteiger charge is 2.33. The molecule has 1 amide bonds. The Bertz CT molecular complexity index is 715. The highest BCUT2D eigenvalue weighted by molar-refractivity contribution is 5.85. The van der Waals surface area contributed by atoms with Crippen LogP contribution in [0.1, 0.15) is 50.5 Å². The van der Waals surface area contributed by atoms with Gasteiger partial charge in [-0.05, 0) is 38.6 Å². The average molecular weight is 377 g/mol. The Kier molecular flexibility index (Phi) is 6.27. The van der Waals surface area contributed by atoms with E-state index in [9.17, 15) is 4.79 Å². The second kappa shape index (κ2) is 8.64. The van der Waals surface area contributed by atoms with Crippen LogP contribution in [0.3, 0.4) is 0 Å². The van der Waals surface area contributed by atoms with E-state index < -0.39 is 0 Å². The van der Waals surface area contributed by atoms with Crippen molar-refractivity contribution in [3.05, 3.63) is 36.2 Å². The van der Waals surface area contributed by atoms with Crippen molar-refractivity contribution in [3.63, 3.8) is 0 Å². The minimum Gasteiger partial charge on any atom is -0.337 e. The molecule has 0 aliphatic carbocycles.